The van der Waals surface area contributed by atoms with Crippen LogP contribution in [0.5, 0.6) is 0 Å². The van der Waals surface area contributed by atoms with Gasteiger partial charge in [-0.1, -0.05) is 0 Å². The predicted octanol–water partition coefficient (Wildman–Crippen LogP) is 1.85. The SMILES string of the molecule is Cn1c(C2=C(C(=O)NCC#N)C=NCC2)nc2cc(C(F)(F)F)cnc21. The summed E-state index contributed by atoms with van der Waals surface area (Å²) in [4.78, 5) is 24.4. The topological polar surface area (TPSA) is 96.0 Å². The van der Waals surface area contributed by atoms with Gasteiger partial charge in [0, 0.05) is 31.6 Å². The molecule has 1 N–H and O–H groups in total. The molecule has 7 nitrogen and oxygen atoms in total. The predicted molar refractivity (Wildman–Crippen MR) is 87.0 cm³/mol. The smallest absolute Gasteiger partial charge is 0.339 e. The number of carbonyl (C=O) groups excluding carboxylic acids is 1. The molecule has 0 fully saturated rings. The van der Waals surface area contributed by atoms with E-state index in [4.69, 9.17) is 5.26 Å². The van der Waals surface area contributed by atoms with Crippen molar-refractivity contribution in [1.82, 2.24) is 19.9 Å². The average molecular weight is 362 g/mol. The second kappa shape index (κ2) is 6.59. The number of carbonyl (C=O) groups is 1. The molecular weight excluding hydrogens is 349 g/mol. The lowest BCUT2D eigenvalue weighted by Crippen LogP contribution is -2.28. The molecule has 3 rings (SSSR count). The summed E-state index contributed by atoms with van der Waals surface area (Å²) in [6, 6.07) is 2.74. The Morgan fingerprint density at radius 2 is 2.23 bits per heavy atom. The highest BCUT2D eigenvalue weighted by Crippen LogP contribution is 2.32. The van der Waals surface area contributed by atoms with Gasteiger partial charge in [0.15, 0.2) is 5.65 Å². The second-order valence-corrected chi connectivity index (χ2v) is 5.58. The summed E-state index contributed by atoms with van der Waals surface area (Å²) < 4.78 is 40.2. The van der Waals surface area contributed by atoms with Crippen LogP contribution < -0.4 is 5.32 Å². The molecule has 1 aliphatic heterocycles. The number of rotatable bonds is 3. The number of halogens is 3. The minimum atomic E-state index is -4.52. The van der Waals surface area contributed by atoms with Gasteiger partial charge in [-0.3, -0.25) is 9.79 Å². The first-order valence-electron chi connectivity index (χ1n) is 7.61. The lowest BCUT2D eigenvalue weighted by Gasteiger charge is -2.14. The first kappa shape index (κ1) is 17.6. The van der Waals surface area contributed by atoms with E-state index in [0.717, 1.165) is 12.3 Å². The zero-order chi connectivity index (χ0) is 18.9. The Labute approximate surface area is 145 Å². The first-order chi connectivity index (χ1) is 12.3. The van der Waals surface area contributed by atoms with Crippen LogP contribution in [0, 0.1) is 11.3 Å². The number of aliphatic imine (C=N–C) groups is 1. The van der Waals surface area contributed by atoms with Crippen LogP contribution in [0.1, 0.15) is 17.8 Å². The van der Waals surface area contributed by atoms with Gasteiger partial charge in [-0.2, -0.15) is 18.4 Å². The van der Waals surface area contributed by atoms with Crippen LogP contribution in [0.25, 0.3) is 16.7 Å². The maximum Gasteiger partial charge on any atom is 0.417 e. The third-order valence-electron chi connectivity index (χ3n) is 3.92. The van der Waals surface area contributed by atoms with E-state index in [1.807, 2.05) is 6.07 Å². The summed E-state index contributed by atoms with van der Waals surface area (Å²) in [6.45, 7) is 0.261. The van der Waals surface area contributed by atoms with Crippen molar-refractivity contribution in [3.8, 4) is 6.07 Å². The van der Waals surface area contributed by atoms with Gasteiger partial charge in [0.2, 0.25) is 0 Å². The molecule has 0 saturated heterocycles. The number of fused-ring (bicyclic) bond motifs is 1. The van der Waals surface area contributed by atoms with Crippen molar-refractivity contribution in [2.45, 2.75) is 12.6 Å². The van der Waals surface area contributed by atoms with E-state index in [-0.39, 0.29) is 23.3 Å². The summed E-state index contributed by atoms with van der Waals surface area (Å²) in [5, 5.41) is 11.0. The van der Waals surface area contributed by atoms with E-state index < -0.39 is 17.6 Å². The van der Waals surface area contributed by atoms with E-state index in [1.165, 1.54) is 6.21 Å². The summed E-state index contributed by atoms with van der Waals surface area (Å²) in [6.07, 6.45) is -1.97. The number of amides is 1. The van der Waals surface area contributed by atoms with Crippen LogP contribution in [0.2, 0.25) is 0 Å². The van der Waals surface area contributed by atoms with Crippen LogP contribution in [0.4, 0.5) is 13.2 Å². The minimum Gasteiger partial charge on any atom is -0.339 e. The fraction of sp³-hybridized carbons (Fsp3) is 0.312. The van der Waals surface area contributed by atoms with E-state index in [9.17, 15) is 18.0 Å². The van der Waals surface area contributed by atoms with Crippen LogP contribution in [-0.2, 0) is 18.0 Å². The van der Waals surface area contributed by atoms with E-state index in [0.29, 0.717) is 24.4 Å². The molecule has 0 saturated carbocycles. The van der Waals surface area contributed by atoms with Crippen LogP contribution in [0.3, 0.4) is 0 Å². The molecule has 0 aromatic carbocycles. The Morgan fingerprint density at radius 3 is 2.92 bits per heavy atom. The largest absolute Gasteiger partial charge is 0.417 e. The zero-order valence-electron chi connectivity index (χ0n) is 13.6. The minimum absolute atomic E-state index is 0.0871. The van der Waals surface area contributed by atoms with E-state index >= 15 is 0 Å². The van der Waals surface area contributed by atoms with Gasteiger partial charge in [-0.25, -0.2) is 9.97 Å². The first-order valence-corrected chi connectivity index (χ1v) is 7.61. The number of nitrogens with one attached hydrogen (secondary N) is 1. The Kier molecular flexibility index (Phi) is 4.46. The quantitative estimate of drug-likeness (QED) is 0.843. The summed E-state index contributed by atoms with van der Waals surface area (Å²) in [5.74, 6) is -0.138. The van der Waals surface area contributed by atoms with Gasteiger partial charge in [-0.05, 0) is 12.5 Å². The number of aryl methyl sites for hydroxylation is 1. The van der Waals surface area contributed by atoms with Crippen molar-refractivity contribution < 1.29 is 18.0 Å². The number of aromatic nitrogens is 3. The molecule has 1 aliphatic rings. The van der Waals surface area contributed by atoms with Crippen LogP contribution >= 0.6 is 0 Å². The van der Waals surface area contributed by atoms with Gasteiger partial charge in [0.25, 0.3) is 5.91 Å². The van der Waals surface area contributed by atoms with Gasteiger partial charge in [-0.15, -0.1) is 0 Å². The van der Waals surface area contributed by atoms with Crippen LogP contribution in [-0.4, -0.2) is 39.7 Å². The van der Waals surface area contributed by atoms with E-state index in [2.05, 4.69) is 20.3 Å². The molecule has 0 spiro atoms. The number of nitriles is 1. The maximum atomic E-state index is 12.9. The van der Waals surface area contributed by atoms with Crippen molar-refractivity contribution in [3.05, 3.63) is 29.2 Å². The molecule has 26 heavy (non-hydrogen) atoms. The average Bonchev–Trinajstić information content (AvgIpc) is 2.95. The Balaban J connectivity index is 2.12. The molecule has 2 aromatic rings. The lowest BCUT2D eigenvalue weighted by molar-refractivity contribution is -0.137. The van der Waals surface area contributed by atoms with Crippen molar-refractivity contribution in [3.63, 3.8) is 0 Å². The summed E-state index contributed by atoms with van der Waals surface area (Å²) in [5.41, 5.74) is 0.259. The molecule has 0 aliphatic carbocycles. The number of hydrogen-bond acceptors (Lipinski definition) is 5. The number of dihydropyridines is 1. The molecule has 134 valence electrons. The fourth-order valence-electron chi connectivity index (χ4n) is 2.69. The standard InChI is InChI=1S/C16H13F3N6O/c1-25-13(10-2-4-21-8-11(10)15(26)22-5-3-20)24-12-6-9(16(17,18)19)7-23-14(12)25/h6-8H,2,4-5H2,1H3,(H,22,26). The Morgan fingerprint density at radius 1 is 1.46 bits per heavy atom. The Hall–Kier alpha value is -3.22. The molecule has 0 bridgehead atoms. The molecule has 0 atom stereocenters. The van der Waals surface area contributed by atoms with Gasteiger partial charge >= 0.3 is 6.18 Å². The van der Waals surface area contributed by atoms with Crippen molar-refractivity contribution in [1.29, 1.82) is 5.26 Å². The lowest BCUT2D eigenvalue weighted by atomic mass is 10.0. The highest BCUT2D eigenvalue weighted by Gasteiger charge is 2.32. The molecule has 0 radical (unpaired) electrons. The molecule has 3 heterocycles. The molecule has 0 unspecified atom stereocenters. The number of pyridine rings is 1. The normalized spacial score (nSPS) is 14.6. The molecule has 1 amide bonds. The fourth-order valence-corrected chi connectivity index (χ4v) is 2.69. The molecule has 2 aromatic heterocycles. The van der Waals surface area contributed by atoms with Gasteiger partial charge < -0.3 is 9.88 Å². The summed E-state index contributed by atoms with van der Waals surface area (Å²) in [7, 11) is 1.62. The van der Waals surface area contributed by atoms with Gasteiger partial charge in [0.05, 0.1) is 17.2 Å². The number of nitrogens with zero attached hydrogens (tertiary/aromatic N) is 5. The second-order valence-electron chi connectivity index (χ2n) is 5.58. The zero-order valence-corrected chi connectivity index (χ0v) is 13.6. The molecular formula is C16H13F3N6O. The third-order valence-corrected chi connectivity index (χ3v) is 3.92. The van der Waals surface area contributed by atoms with Crippen molar-refractivity contribution in [2.75, 3.05) is 13.1 Å². The number of imidazole rings is 1. The van der Waals surface area contributed by atoms with Crippen LogP contribution in [0.15, 0.2) is 22.8 Å². The number of hydrogen-bond donors (Lipinski definition) is 1. The van der Waals surface area contributed by atoms with Crippen molar-refractivity contribution in [2.24, 2.45) is 12.0 Å². The highest BCUT2D eigenvalue weighted by atomic mass is 19.4. The molecule has 10 heteroatoms. The third kappa shape index (κ3) is 3.15. The van der Waals surface area contributed by atoms with Gasteiger partial charge in [0.1, 0.15) is 17.9 Å². The highest BCUT2D eigenvalue weighted by molar-refractivity contribution is 6.18. The Bertz CT molecular complexity index is 980. The summed E-state index contributed by atoms with van der Waals surface area (Å²) >= 11 is 0. The van der Waals surface area contributed by atoms with E-state index in [1.54, 1.807) is 11.6 Å². The maximum absolute atomic E-state index is 12.9. The van der Waals surface area contributed by atoms with Crippen molar-refractivity contribution >= 4 is 28.9 Å². The number of alkyl halides is 3. The monoisotopic (exact) mass is 362 g/mol.